The quantitative estimate of drug-likeness (QED) is 0.786. The molecular formula is C17H27N3. The largest absolute Gasteiger partial charge is 0.338 e. The van der Waals surface area contributed by atoms with Gasteiger partial charge in [0.15, 0.2) is 0 Å². The first kappa shape index (κ1) is 13.9. The fourth-order valence-corrected chi connectivity index (χ4v) is 3.72. The highest BCUT2D eigenvalue weighted by Crippen LogP contribution is 2.24. The van der Waals surface area contributed by atoms with Crippen molar-refractivity contribution in [1.82, 2.24) is 14.5 Å². The fraction of sp³-hybridized carbons (Fsp3) is 0.706. The van der Waals surface area contributed by atoms with Crippen LogP contribution in [-0.2, 0) is 13.5 Å². The van der Waals surface area contributed by atoms with E-state index in [1.54, 1.807) is 0 Å². The normalized spacial score (nSPS) is 27.9. The fourth-order valence-electron chi connectivity index (χ4n) is 3.72. The standard InChI is InChI=1S/C17H27N3/c1-19-11-9-18-17(19)12-16-8-5-10-20(14-16)13-15-6-3-2-4-7-15/h2-3,9,11,15-16H,4-8,10,12-14H2,1H3/t15-,16-/m0/s1. The van der Waals surface area contributed by atoms with E-state index in [1.165, 1.54) is 57.6 Å². The predicted molar refractivity (Wildman–Crippen MR) is 82.6 cm³/mol. The lowest BCUT2D eigenvalue weighted by Gasteiger charge is -2.35. The molecule has 2 heterocycles. The van der Waals surface area contributed by atoms with Gasteiger partial charge in [0.05, 0.1) is 0 Å². The topological polar surface area (TPSA) is 21.1 Å². The highest BCUT2D eigenvalue weighted by Gasteiger charge is 2.23. The summed E-state index contributed by atoms with van der Waals surface area (Å²) in [5, 5.41) is 0. The van der Waals surface area contributed by atoms with Gasteiger partial charge in [0.25, 0.3) is 0 Å². The van der Waals surface area contributed by atoms with Gasteiger partial charge in [-0.2, -0.15) is 0 Å². The van der Waals surface area contributed by atoms with Crippen molar-refractivity contribution in [1.29, 1.82) is 0 Å². The Balaban J connectivity index is 1.51. The molecule has 110 valence electrons. The van der Waals surface area contributed by atoms with E-state index in [4.69, 9.17) is 0 Å². The lowest BCUT2D eigenvalue weighted by Crippen LogP contribution is -2.39. The number of likely N-dealkylation sites (tertiary alicyclic amines) is 1. The predicted octanol–water partition coefficient (Wildman–Crippen LogP) is 3.03. The molecule has 1 aromatic heterocycles. The molecule has 3 rings (SSSR count). The molecule has 0 N–H and O–H groups in total. The third kappa shape index (κ3) is 3.51. The van der Waals surface area contributed by atoms with Crippen molar-refractivity contribution in [3.05, 3.63) is 30.4 Å². The molecule has 20 heavy (non-hydrogen) atoms. The van der Waals surface area contributed by atoms with E-state index in [9.17, 15) is 0 Å². The van der Waals surface area contributed by atoms with Gasteiger partial charge in [-0.05, 0) is 50.5 Å². The van der Waals surface area contributed by atoms with Gasteiger partial charge in [-0.25, -0.2) is 4.98 Å². The molecule has 0 unspecified atom stereocenters. The molecule has 3 nitrogen and oxygen atoms in total. The summed E-state index contributed by atoms with van der Waals surface area (Å²) in [6.45, 7) is 3.88. The van der Waals surface area contributed by atoms with E-state index < -0.39 is 0 Å². The van der Waals surface area contributed by atoms with E-state index >= 15 is 0 Å². The molecule has 1 aromatic rings. The minimum Gasteiger partial charge on any atom is -0.338 e. The molecule has 0 bridgehead atoms. The van der Waals surface area contributed by atoms with Crippen molar-refractivity contribution in [3.63, 3.8) is 0 Å². The number of piperidine rings is 1. The van der Waals surface area contributed by atoms with Crippen LogP contribution in [0.3, 0.4) is 0 Å². The maximum atomic E-state index is 4.49. The molecule has 2 atom stereocenters. The van der Waals surface area contributed by atoms with Crippen LogP contribution in [0.5, 0.6) is 0 Å². The molecular weight excluding hydrogens is 246 g/mol. The van der Waals surface area contributed by atoms with Crippen LogP contribution in [0.25, 0.3) is 0 Å². The van der Waals surface area contributed by atoms with Crippen LogP contribution in [0.1, 0.15) is 37.9 Å². The summed E-state index contributed by atoms with van der Waals surface area (Å²) in [5.74, 6) is 2.94. The van der Waals surface area contributed by atoms with Crippen LogP contribution in [0.2, 0.25) is 0 Å². The van der Waals surface area contributed by atoms with Gasteiger partial charge in [0, 0.05) is 39.0 Å². The van der Waals surface area contributed by atoms with Crippen LogP contribution >= 0.6 is 0 Å². The van der Waals surface area contributed by atoms with Gasteiger partial charge in [-0.3, -0.25) is 0 Å². The second-order valence-electron chi connectivity index (χ2n) is 6.58. The molecule has 1 fully saturated rings. The Morgan fingerprint density at radius 2 is 2.20 bits per heavy atom. The smallest absolute Gasteiger partial charge is 0.108 e. The van der Waals surface area contributed by atoms with E-state index in [-0.39, 0.29) is 0 Å². The summed E-state index contributed by atoms with van der Waals surface area (Å²) in [6, 6.07) is 0. The number of hydrogen-bond acceptors (Lipinski definition) is 2. The maximum Gasteiger partial charge on any atom is 0.108 e. The SMILES string of the molecule is Cn1ccnc1C[C@@H]1CCCN(C[C@H]2CC=CCC2)C1. The minimum absolute atomic E-state index is 0.795. The Morgan fingerprint density at radius 3 is 2.95 bits per heavy atom. The Bertz CT molecular complexity index is 449. The van der Waals surface area contributed by atoms with Crippen LogP contribution in [0, 0.1) is 11.8 Å². The second-order valence-corrected chi connectivity index (χ2v) is 6.58. The number of rotatable bonds is 4. The van der Waals surface area contributed by atoms with E-state index in [1.807, 2.05) is 6.20 Å². The number of imidazole rings is 1. The Labute approximate surface area is 122 Å². The summed E-state index contributed by atoms with van der Waals surface area (Å²) in [7, 11) is 2.11. The van der Waals surface area contributed by atoms with Gasteiger partial charge in [-0.15, -0.1) is 0 Å². The van der Waals surface area contributed by atoms with E-state index in [0.29, 0.717) is 0 Å². The lowest BCUT2D eigenvalue weighted by molar-refractivity contribution is 0.146. The molecule has 1 aliphatic carbocycles. The molecule has 0 radical (unpaired) electrons. The van der Waals surface area contributed by atoms with Gasteiger partial charge in [0.2, 0.25) is 0 Å². The minimum atomic E-state index is 0.795. The number of nitrogens with zero attached hydrogens (tertiary/aromatic N) is 3. The Morgan fingerprint density at radius 1 is 1.25 bits per heavy atom. The second kappa shape index (κ2) is 6.57. The van der Waals surface area contributed by atoms with Crippen LogP contribution < -0.4 is 0 Å². The molecule has 0 spiro atoms. The summed E-state index contributed by atoms with van der Waals surface area (Å²) in [5.41, 5.74) is 0. The third-order valence-corrected chi connectivity index (χ3v) is 4.89. The van der Waals surface area contributed by atoms with Crippen molar-refractivity contribution in [2.45, 2.75) is 38.5 Å². The molecule has 1 aliphatic heterocycles. The summed E-state index contributed by atoms with van der Waals surface area (Å²) in [4.78, 5) is 7.20. The van der Waals surface area contributed by atoms with Crippen LogP contribution in [-0.4, -0.2) is 34.1 Å². The Hall–Kier alpha value is -1.09. The summed E-state index contributed by atoms with van der Waals surface area (Å²) >= 11 is 0. The van der Waals surface area contributed by atoms with Crippen molar-refractivity contribution in [2.24, 2.45) is 18.9 Å². The average Bonchev–Trinajstić information content (AvgIpc) is 2.86. The van der Waals surface area contributed by atoms with Crippen molar-refractivity contribution in [2.75, 3.05) is 19.6 Å². The van der Waals surface area contributed by atoms with Crippen LogP contribution in [0.4, 0.5) is 0 Å². The van der Waals surface area contributed by atoms with Crippen molar-refractivity contribution < 1.29 is 0 Å². The van der Waals surface area contributed by atoms with Gasteiger partial charge in [0.1, 0.15) is 5.82 Å². The molecule has 2 aliphatic rings. The molecule has 3 heteroatoms. The van der Waals surface area contributed by atoms with E-state index in [2.05, 4.69) is 39.8 Å². The Kier molecular flexibility index (Phi) is 4.56. The van der Waals surface area contributed by atoms with Crippen molar-refractivity contribution in [3.8, 4) is 0 Å². The average molecular weight is 273 g/mol. The molecule has 0 aromatic carbocycles. The molecule has 0 amide bonds. The first-order valence-electron chi connectivity index (χ1n) is 8.15. The number of aromatic nitrogens is 2. The maximum absolute atomic E-state index is 4.49. The number of hydrogen-bond donors (Lipinski definition) is 0. The highest BCUT2D eigenvalue weighted by atomic mass is 15.1. The number of allylic oxidation sites excluding steroid dienone is 2. The molecule has 1 saturated heterocycles. The third-order valence-electron chi connectivity index (χ3n) is 4.89. The van der Waals surface area contributed by atoms with Gasteiger partial charge < -0.3 is 9.47 Å². The van der Waals surface area contributed by atoms with Crippen molar-refractivity contribution >= 4 is 0 Å². The van der Waals surface area contributed by atoms with Gasteiger partial charge in [-0.1, -0.05) is 12.2 Å². The lowest BCUT2D eigenvalue weighted by atomic mass is 9.90. The van der Waals surface area contributed by atoms with E-state index in [0.717, 1.165) is 18.3 Å². The summed E-state index contributed by atoms with van der Waals surface area (Å²) in [6.07, 6.45) is 16.5. The zero-order chi connectivity index (χ0) is 13.8. The molecule has 0 saturated carbocycles. The monoisotopic (exact) mass is 273 g/mol. The highest BCUT2D eigenvalue weighted by molar-refractivity contribution is 4.95. The first-order valence-corrected chi connectivity index (χ1v) is 8.15. The summed E-state index contributed by atoms with van der Waals surface area (Å²) < 4.78 is 2.17. The zero-order valence-electron chi connectivity index (χ0n) is 12.7. The van der Waals surface area contributed by atoms with Crippen LogP contribution in [0.15, 0.2) is 24.5 Å². The first-order chi connectivity index (χ1) is 9.81. The van der Waals surface area contributed by atoms with Gasteiger partial charge >= 0.3 is 0 Å². The number of aryl methyl sites for hydroxylation is 1. The zero-order valence-corrected chi connectivity index (χ0v) is 12.7.